The molecule has 16 heavy (non-hydrogen) atoms. The van der Waals surface area contributed by atoms with Crippen LogP contribution in [0.15, 0.2) is 0 Å². The molecule has 0 spiro atoms. The first kappa shape index (κ1) is 13.9. The van der Waals surface area contributed by atoms with Crippen LogP contribution in [0.25, 0.3) is 0 Å². The molecule has 0 aromatic heterocycles. The minimum absolute atomic E-state index is 0.487. The summed E-state index contributed by atoms with van der Waals surface area (Å²) in [6.45, 7) is 12.3. The Hall–Kier alpha value is -0.120. The average Bonchev–Trinajstić information content (AvgIpc) is 2.67. The predicted octanol–water partition coefficient (Wildman–Crippen LogP) is 1.59. The van der Waals surface area contributed by atoms with E-state index in [1.807, 2.05) is 0 Å². The molecule has 0 aliphatic carbocycles. The van der Waals surface area contributed by atoms with Gasteiger partial charge in [-0.2, -0.15) is 0 Å². The van der Waals surface area contributed by atoms with Crippen molar-refractivity contribution in [2.45, 2.75) is 33.2 Å². The SMILES string of the molecule is CCNC(COC)CN1CCC(C(C)C)C1. The first-order valence-electron chi connectivity index (χ1n) is 6.62. The Bertz CT molecular complexity index is 179. The van der Waals surface area contributed by atoms with E-state index in [0.29, 0.717) is 6.04 Å². The Morgan fingerprint density at radius 3 is 2.69 bits per heavy atom. The number of hydrogen-bond donors (Lipinski definition) is 1. The standard InChI is InChI=1S/C13H28N2O/c1-5-14-13(10-16-4)9-15-7-6-12(8-15)11(2)3/h11-14H,5-10H2,1-4H3. The second-order valence-electron chi connectivity index (χ2n) is 5.26. The summed E-state index contributed by atoms with van der Waals surface area (Å²) in [6.07, 6.45) is 1.36. The van der Waals surface area contributed by atoms with Crippen molar-refractivity contribution in [2.24, 2.45) is 11.8 Å². The van der Waals surface area contributed by atoms with E-state index in [1.165, 1.54) is 19.5 Å². The van der Waals surface area contributed by atoms with Gasteiger partial charge in [0.2, 0.25) is 0 Å². The second kappa shape index (κ2) is 7.25. The molecule has 1 rings (SSSR count). The highest BCUT2D eigenvalue weighted by Gasteiger charge is 2.26. The van der Waals surface area contributed by atoms with E-state index < -0.39 is 0 Å². The van der Waals surface area contributed by atoms with Crippen molar-refractivity contribution >= 4 is 0 Å². The smallest absolute Gasteiger partial charge is 0.0628 e. The molecule has 0 saturated carbocycles. The van der Waals surface area contributed by atoms with E-state index in [0.717, 1.165) is 31.5 Å². The summed E-state index contributed by atoms with van der Waals surface area (Å²) in [7, 11) is 1.78. The van der Waals surface area contributed by atoms with E-state index >= 15 is 0 Å². The van der Waals surface area contributed by atoms with Gasteiger partial charge in [0, 0.05) is 26.2 Å². The van der Waals surface area contributed by atoms with Gasteiger partial charge in [-0.1, -0.05) is 20.8 Å². The molecular formula is C13H28N2O. The largest absolute Gasteiger partial charge is 0.383 e. The highest BCUT2D eigenvalue weighted by Crippen LogP contribution is 2.23. The molecule has 1 fully saturated rings. The molecular weight excluding hydrogens is 200 g/mol. The molecule has 0 amide bonds. The third-order valence-corrected chi connectivity index (χ3v) is 3.59. The number of likely N-dealkylation sites (N-methyl/N-ethyl adjacent to an activating group) is 1. The van der Waals surface area contributed by atoms with Crippen LogP contribution in [0.2, 0.25) is 0 Å². The zero-order valence-electron chi connectivity index (χ0n) is 11.3. The number of rotatable bonds is 7. The maximum absolute atomic E-state index is 5.25. The lowest BCUT2D eigenvalue weighted by molar-refractivity contribution is 0.144. The van der Waals surface area contributed by atoms with Crippen LogP contribution < -0.4 is 5.32 Å². The van der Waals surface area contributed by atoms with Crippen LogP contribution in [-0.2, 0) is 4.74 Å². The third kappa shape index (κ3) is 4.40. The summed E-state index contributed by atoms with van der Waals surface area (Å²) in [4.78, 5) is 2.58. The van der Waals surface area contributed by atoms with E-state index in [9.17, 15) is 0 Å². The van der Waals surface area contributed by atoms with Gasteiger partial charge >= 0.3 is 0 Å². The number of likely N-dealkylation sites (tertiary alicyclic amines) is 1. The van der Waals surface area contributed by atoms with Gasteiger partial charge in [-0.05, 0) is 31.3 Å². The van der Waals surface area contributed by atoms with Crippen molar-refractivity contribution < 1.29 is 4.74 Å². The van der Waals surface area contributed by atoms with Crippen LogP contribution in [-0.4, -0.2) is 50.8 Å². The molecule has 1 N–H and O–H groups in total. The highest BCUT2D eigenvalue weighted by molar-refractivity contribution is 4.81. The second-order valence-corrected chi connectivity index (χ2v) is 5.26. The van der Waals surface area contributed by atoms with Crippen molar-refractivity contribution in [2.75, 3.05) is 39.9 Å². The maximum Gasteiger partial charge on any atom is 0.0628 e. The van der Waals surface area contributed by atoms with Gasteiger partial charge in [0.1, 0.15) is 0 Å². The summed E-state index contributed by atoms with van der Waals surface area (Å²) in [5, 5.41) is 3.49. The predicted molar refractivity (Wildman–Crippen MR) is 68.7 cm³/mol. The number of ether oxygens (including phenoxy) is 1. The summed E-state index contributed by atoms with van der Waals surface area (Å²) >= 11 is 0. The number of nitrogens with zero attached hydrogens (tertiary/aromatic N) is 1. The number of methoxy groups -OCH3 is 1. The fourth-order valence-corrected chi connectivity index (χ4v) is 2.55. The highest BCUT2D eigenvalue weighted by atomic mass is 16.5. The molecule has 0 aromatic rings. The summed E-state index contributed by atoms with van der Waals surface area (Å²) < 4.78 is 5.25. The molecule has 3 nitrogen and oxygen atoms in total. The lowest BCUT2D eigenvalue weighted by Gasteiger charge is -2.24. The summed E-state index contributed by atoms with van der Waals surface area (Å²) in [5.41, 5.74) is 0. The van der Waals surface area contributed by atoms with Gasteiger partial charge < -0.3 is 15.0 Å². The summed E-state index contributed by atoms with van der Waals surface area (Å²) in [6, 6.07) is 0.487. The Labute approximate surface area is 101 Å². The topological polar surface area (TPSA) is 24.5 Å². The monoisotopic (exact) mass is 228 g/mol. The lowest BCUT2D eigenvalue weighted by atomic mass is 9.95. The van der Waals surface area contributed by atoms with Gasteiger partial charge in [0.25, 0.3) is 0 Å². The zero-order chi connectivity index (χ0) is 12.0. The molecule has 0 bridgehead atoms. The molecule has 0 aromatic carbocycles. The van der Waals surface area contributed by atoms with Crippen LogP contribution in [0.4, 0.5) is 0 Å². The van der Waals surface area contributed by atoms with Gasteiger partial charge in [0.15, 0.2) is 0 Å². The van der Waals surface area contributed by atoms with Crippen LogP contribution in [0.5, 0.6) is 0 Å². The van der Waals surface area contributed by atoms with Gasteiger partial charge in [0.05, 0.1) is 6.61 Å². The average molecular weight is 228 g/mol. The first-order valence-corrected chi connectivity index (χ1v) is 6.62. The minimum Gasteiger partial charge on any atom is -0.383 e. The van der Waals surface area contributed by atoms with Crippen molar-refractivity contribution in [3.05, 3.63) is 0 Å². The lowest BCUT2D eigenvalue weighted by Crippen LogP contribution is -2.43. The Morgan fingerprint density at radius 2 is 2.19 bits per heavy atom. The number of hydrogen-bond acceptors (Lipinski definition) is 3. The van der Waals surface area contributed by atoms with E-state index in [1.54, 1.807) is 7.11 Å². The third-order valence-electron chi connectivity index (χ3n) is 3.59. The molecule has 0 radical (unpaired) electrons. The number of nitrogens with one attached hydrogen (secondary N) is 1. The van der Waals surface area contributed by atoms with Crippen molar-refractivity contribution in [1.82, 2.24) is 10.2 Å². The van der Waals surface area contributed by atoms with E-state index in [-0.39, 0.29) is 0 Å². The molecule has 2 unspecified atom stereocenters. The van der Waals surface area contributed by atoms with Crippen molar-refractivity contribution in [3.63, 3.8) is 0 Å². The molecule has 2 atom stereocenters. The first-order chi connectivity index (χ1) is 7.67. The van der Waals surface area contributed by atoms with E-state index in [4.69, 9.17) is 4.74 Å². The Kier molecular flexibility index (Phi) is 6.32. The summed E-state index contributed by atoms with van der Waals surface area (Å²) in [5.74, 6) is 1.72. The zero-order valence-corrected chi connectivity index (χ0v) is 11.3. The van der Waals surface area contributed by atoms with Gasteiger partial charge in [-0.3, -0.25) is 0 Å². The Balaban J connectivity index is 2.30. The quantitative estimate of drug-likeness (QED) is 0.716. The molecule has 1 heterocycles. The van der Waals surface area contributed by atoms with E-state index in [2.05, 4.69) is 31.0 Å². The van der Waals surface area contributed by atoms with Crippen molar-refractivity contribution in [1.29, 1.82) is 0 Å². The van der Waals surface area contributed by atoms with Gasteiger partial charge in [-0.25, -0.2) is 0 Å². The maximum atomic E-state index is 5.25. The van der Waals surface area contributed by atoms with Crippen LogP contribution in [0.3, 0.4) is 0 Å². The Morgan fingerprint density at radius 1 is 1.44 bits per heavy atom. The van der Waals surface area contributed by atoms with Crippen molar-refractivity contribution in [3.8, 4) is 0 Å². The fourth-order valence-electron chi connectivity index (χ4n) is 2.55. The molecule has 1 aliphatic heterocycles. The fraction of sp³-hybridized carbons (Fsp3) is 1.00. The normalized spacial score (nSPS) is 24.2. The van der Waals surface area contributed by atoms with Gasteiger partial charge in [-0.15, -0.1) is 0 Å². The molecule has 1 aliphatic rings. The van der Waals surface area contributed by atoms with Crippen LogP contribution in [0, 0.1) is 11.8 Å². The van der Waals surface area contributed by atoms with Crippen LogP contribution in [0.1, 0.15) is 27.2 Å². The molecule has 3 heteroatoms. The molecule has 1 saturated heterocycles. The minimum atomic E-state index is 0.487. The van der Waals surface area contributed by atoms with Crippen LogP contribution >= 0.6 is 0 Å². The molecule has 96 valence electrons.